The first-order valence-electron chi connectivity index (χ1n) is 6.31. The van der Waals surface area contributed by atoms with E-state index in [1.54, 1.807) is 54.6 Å². The zero-order chi connectivity index (χ0) is 15.9. The van der Waals surface area contributed by atoms with Crippen molar-refractivity contribution in [3.05, 3.63) is 58.1 Å². The van der Waals surface area contributed by atoms with E-state index in [9.17, 15) is 4.79 Å². The standard InChI is InChI=1S/C15H10Cl2N2O2S/c1-18-13(8-10-3-2-6-21-10)14(20)19(15(18)22)9-4-5-11(16)12(17)7-9/h2-8H,1H3/b13-8+. The van der Waals surface area contributed by atoms with Gasteiger partial charge in [-0.25, -0.2) is 0 Å². The average Bonchev–Trinajstić information content (AvgIpc) is 3.06. The van der Waals surface area contributed by atoms with Gasteiger partial charge in [0.25, 0.3) is 5.91 Å². The average molecular weight is 353 g/mol. The second-order valence-electron chi connectivity index (χ2n) is 4.63. The van der Waals surface area contributed by atoms with Crippen molar-refractivity contribution in [2.24, 2.45) is 0 Å². The van der Waals surface area contributed by atoms with Crippen LogP contribution in [0.2, 0.25) is 10.0 Å². The molecule has 1 fully saturated rings. The number of furan rings is 1. The van der Waals surface area contributed by atoms with Crippen molar-refractivity contribution in [3.63, 3.8) is 0 Å². The highest BCUT2D eigenvalue weighted by Gasteiger charge is 2.37. The Labute approximate surface area is 142 Å². The predicted molar refractivity (Wildman–Crippen MR) is 91.0 cm³/mol. The van der Waals surface area contributed by atoms with Crippen molar-refractivity contribution < 1.29 is 9.21 Å². The van der Waals surface area contributed by atoms with E-state index >= 15 is 0 Å². The van der Waals surface area contributed by atoms with Crippen molar-refractivity contribution in [1.82, 2.24) is 4.90 Å². The third-order valence-electron chi connectivity index (χ3n) is 3.25. The van der Waals surface area contributed by atoms with E-state index in [0.717, 1.165) is 0 Å². The molecule has 1 saturated heterocycles. The lowest BCUT2D eigenvalue weighted by molar-refractivity contribution is -0.114. The van der Waals surface area contributed by atoms with E-state index < -0.39 is 0 Å². The Kier molecular flexibility index (Phi) is 3.95. The van der Waals surface area contributed by atoms with Gasteiger partial charge in [-0.15, -0.1) is 0 Å². The fourth-order valence-electron chi connectivity index (χ4n) is 2.12. The lowest BCUT2D eigenvalue weighted by Gasteiger charge is -2.16. The number of nitrogens with zero attached hydrogens (tertiary/aromatic N) is 2. The minimum Gasteiger partial charge on any atom is -0.465 e. The van der Waals surface area contributed by atoms with E-state index in [1.165, 1.54) is 4.90 Å². The van der Waals surface area contributed by atoms with Crippen molar-refractivity contribution >= 4 is 58.2 Å². The number of carbonyl (C=O) groups excluding carboxylic acids is 1. The van der Waals surface area contributed by atoms with E-state index in [0.29, 0.717) is 32.3 Å². The molecule has 0 aliphatic carbocycles. The molecule has 2 heterocycles. The van der Waals surface area contributed by atoms with Crippen LogP contribution in [0.25, 0.3) is 6.08 Å². The zero-order valence-electron chi connectivity index (χ0n) is 11.4. The van der Waals surface area contributed by atoms with Crippen LogP contribution in [-0.4, -0.2) is 23.0 Å². The smallest absolute Gasteiger partial charge is 0.281 e. The summed E-state index contributed by atoms with van der Waals surface area (Å²) in [5, 5.41) is 1.14. The van der Waals surface area contributed by atoms with Crippen LogP contribution in [0.15, 0.2) is 46.7 Å². The number of thiocarbonyl (C=S) groups is 1. The molecule has 22 heavy (non-hydrogen) atoms. The Morgan fingerprint density at radius 1 is 1.23 bits per heavy atom. The number of hydrogen-bond acceptors (Lipinski definition) is 3. The first-order valence-corrected chi connectivity index (χ1v) is 7.48. The number of halogens is 2. The normalized spacial score (nSPS) is 17.0. The van der Waals surface area contributed by atoms with E-state index in [-0.39, 0.29) is 5.91 Å². The first kappa shape index (κ1) is 15.1. The topological polar surface area (TPSA) is 36.7 Å². The van der Waals surface area contributed by atoms with Gasteiger partial charge in [0.1, 0.15) is 11.5 Å². The van der Waals surface area contributed by atoms with Crippen LogP contribution < -0.4 is 4.90 Å². The minimum atomic E-state index is -0.248. The van der Waals surface area contributed by atoms with Crippen LogP contribution in [0.4, 0.5) is 5.69 Å². The maximum Gasteiger partial charge on any atom is 0.281 e. The molecule has 1 aromatic carbocycles. The Balaban J connectivity index is 2.02. The van der Waals surface area contributed by atoms with Crippen LogP contribution >= 0.6 is 35.4 Å². The van der Waals surface area contributed by atoms with E-state index in [4.69, 9.17) is 39.8 Å². The van der Waals surface area contributed by atoms with Crippen molar-refractivity contribution in [2.45, 2.75) is 0 Å². The third kappa shape index (κ3) is 2.52. The molecule has 0 radical (unpaired) electrons. The van der Waals surface area contributed by atoms with Gasteiger partial charge in [-0.3, -0.25) is 9.69 Å². The molecule has 1 aliphatic heterocycles. The minimum absolute atomic E-state index is 0.248. The highest BCUT2D eigenvalue weighted by molar-refractivity contribution is 7.80. The van der Waals surface area contributed by atoms with Gasteiger partial charge >= 0.3 is 0 Å². The number of hydrogen-bond donors (Lipinski definition) is 0. The van der Waals surface area contributed by atoms with Crippen LogP contribution in [0, 0.1) is 0 Å². The maximum absolute atomic E-state index is 12.7. The molecule has 0 N–H and O–H groups in total. The summed E-state index contributed by atoms with van der Waals surface area (Å²) in [5.41, 5.74) is 0.991. The highest BCUT2D eigenvalue weighted by Crippen LogP contribution is 2.32. The van der Waals surface area contributed by atoms with Crippen molar-refractivity contribution in [3.8, 4) is 0 Å². The summed E-state index contributed by atoms with van der Waals surface area (Å²) < 4.78 is 5.25. The van der Waals surface area contributed by atoms with Gasteiger partial charge < -0.3 is 9.32 Å². The summed E-state index contributed by atoms with van der Waals surface area (Å²) in [4.78, 5) is 15.7. The lowest BCUT2D eigenvalue weighted by atomic mass is 10.2. The number of likely N-dealkylation sites (N-methyl/N-ethyl adjacent to an activating group) is 1. The molecule has 1 amide bonds. The Morgan fingerprint density at radius 2 is 2.00 bits per heavy atom. The monoisotopic (exact) mass is 352 g/mol. The number of rotatable bonds is 2. The molecule has 1 aromatic heterocycles. The summed E-state index contributed by atoms with van der Waals surface area (Å²) >= 11 is 17.3. The Morgan fingerprint density at radius 3 is 2.64 bits per heavy atom. The van der Waals surface area contributed by atoms with Gasteiger partial charge in [-0.1, -0.05) is 23.2 Å². The quantitative estimate of drug-likeness (QED) is 0.599. The Hall–Kier alpha value is -1.82. The third-order valence-corrected chi connectivity index (χ3v) is 4.44. The fourth-order valence-corrected chi connectivity index (χ4v) is 2.70. The number of amides is 1. The fraction of sp³-hybridized carbons (Fsp3) is 0.0667. The summed E-state index contributed by atoms with van der Waals surface area (Å²) in [6.07, 6.45) is 3.19. The molecule has 0 unspecified atom stereocenters. The molecule has 2 aromatic rings. The highest BCUT2D eigenvalue weighted by atomic mass is 35.5. The van der Waals surface area contributed by atoms with E-state index in [2.05, 4.69) is 0 Å². The van der Waals surface area contributed by atoms with Gasteiger partial charge in [0.15, 0.2) is 5.11 Å². The van der Waals surface area contributed by atoms with Crippen LogP contribution in [0.3, 0.4) is 0 Å². The Bertz CT molecular complexity index is 787. The molecule has 112 valence electrons. The molecule has 4 nitrogen and oxygen atoms in total. The van der Waals surface area contributed by atoms with E-state index in [1.807, 2.05) is 0 Å². The van der Waals surface area contributed by atoms with Gasteiger partial charge in [-0.05, 0) is 42.5 Å². The van der Waals surface area contributed by atoms with Crippen LogP contribution in [-0.2, 0) is 4.79 Å². The number of benzene rings is 1. The van der Waals surface area contributed by atoms with Crippen molar-refractivity contribution in [2.75, 3.05) is 11.9 Å². The first-order chi connectivity index (χ1) is 10.5. The molecular formula is C15H10Cl2N2O2S. The SMILES string of the molecule is CN1C(=S)N(c2ccc(Cl)c(Cl)c2)C(=O)/C1=C\c1ccco1. The number of anilines is 1. The largest absolute Gasteiger partial charge is 0.465 e. The summed E-state index contributed by atoms with van der Waals surface area (Å²) in [5.74, 6) is 0.330. The second-order valence-corrected chi connectivity index (χ2v) is 5.81. The molecule has 0 bridgehead atoms. The van der Waals surface area contributed by atoms with Crippen LogP contribution in [0.5, 0.6) is 0 Å². The molecule has 0 saturated carbocycles. The second kappa shape index (κ2) is 5.76. The summed E-state index contributed by atoms with van der Waals surface area (Å²) in [6, 6.07) is 8.45. The molecule has 7 heteroatoms. The molecule has 0 atom stereocenters. The maximum atomic E-state index is 12.7. The predicted octanol–water partition coefficient (Wildman–Crippen LogP) is 4.19. The summed E-state index contributed by atoms with van der Waals surface area (Å²) in [6.45, 7) is 0. The molecular weight excluding hydrogens is 343 g/mol. The zero-order valence-corrected chi connectivity index (χ0v) is 13.7. The van der Waals surface area contributed by atoms with Gasteiger partial charge in [0, 0.05) is 13.1 Å². The van der Waals surface area contributed by atoms with Gasteiger partial charge in [0.05, 0.1) is 22.0 Å². The summed E-state index contributed by atoms with van der Waals surface area (Å²) in [7, 11) is 1.73. The van der Waals surface area contributed by atoms with Gasteiger partial charge in [-0.2, -0.15) is 0 Å². The lowest BCUT2D eigenvalue weighted by Crippen LogP contribution is -2.31. The molecule has 0 spiro atoms. The van der Waals surface area contributed by atoms with Gasteiger partial charge in [0.2, 0.25) is 0 Å². The molecule has 3 rings (SSSR count). The van der Waals surface area contributed by atoms with Crippen LogP contribution in [0.1, 0.15) is 5.76 Å². The van der Waals surface area contributed by atoms with Crippen molar-refractivity contribution in [1.29, 1.82) is 0 Å². The molecule has 1 aliphatic rings. The number of carbonyl (C=O) groups is 1.